The van der Waals surface area contributed by atoms with E-state index in [4.69, 9.17) is 5.11 Å². The van der Waals surface area contributed by atoms with Crippen LogP contribution in [0, 0.1) is 0 Å². The lowest BCUT2D eigenvalue weighted by Gasteiger charge is -2.14. The molecule has 4 rings (SSSR count). The van der Waals surface area contributed by atoms with Crippen LogP contribution in [0.5, 0.6) is 0 Å². The van der Waals surface area contributed by atoms with Crippen LogP contribution in [0.15, 0.2) is 24.4 Å². The minimum absolute atomic E-state index is 0.376. The highest BCUT2D eigenvalue weighted by Crippen LogP contribution is 2.24. The van der Waals surface area contributed by atoms with E-state index in [1.54, 1.807) is 6.07 Å². The number of fused-ring (bicyclic) bond motifs is 2. The van der Waals surface area contributed by atoms with Crippen LogP contribution in [-0.2, 0) is 32.4 Å². The van der Waals surface area contributed by atoms with Crippen LogP contribution in [0.1, 0.15) is 52.3 Å². The molecule has 1 aromatic heterocycles. The van der Waals surface area contributed by atoms with Crippen molar-refractivity contribution >= 4 is 5.97 Å². The molecule has 2 aliphatic rings. The van der Waals surface area contributed by atoms with Crippen molar-refractivity contribution in [2.45, 2.75) is 57.7 Å². The van der Waals surface area contributed by atoms with Gasteiger partial charge in [-0.2, -0.15) is 0 Å². The molecule has 0 spiro atoms. The van der Waals surface area contributed by atoms with Crippen LogP contribution in [0.3, 0.4) is 0 Å². The topological polar surface area (TPSA) is 67.2 Å². The van der Waals surface area contributed by atoms with Gasteiger partial charge in [-0.25, -0.2) is 9.78 Å². The second-order valence-electron chi connectivity index (χ2n) is 6.90. The number of aryl methyl sites for hydroxylation is 1. The molecule has 2 N–H and O–H groups in total. The Morgan fingerprint density at radius 3 is 3.00 bits per heavy atom. The summed E-state index contributed by atoms with van der Waals surface area (Å²) in [5.41, 5.74) is 4.09. The zero-order valence-electron chi connectivity index (χ0n) is 13.8. The molecule has 1 aliphatic heterocycles. The van der Waals surface area contributed by atoms with Crippen LogP contribution in [0.2, 0.25) is 0 Å². The summed E-state index contributed by atoms with van der Waals surface area (Å²) in [6.45, 7) is 1.91. The predicted molar refractivity (Wildman–Crippen MR) is 91.2 cm³/mol. The number of aromatic nitrogens is 2. The first-order valence-corrected chi connectivity index (χ1v) is 8.82. The summed E-state index contributed by atoms with van der Waals surface area (Å²) in [6, 6.07) is 5.87. The Kier molecular flexibility index (Phi) is 4.10. The molecular formula is C19H23N3O2. The van der Waals surface area contributed by atoms with Crippen molar-refractivity contribution in [1.29, 1.82) is 0 Å². The van der Waals surface area contributed by atoms with Crippen LogP contribution < -0.4 is 5.32 Å². The van der Waals surface area contributed by atoms with Gasteiger partial charge in [0.25, 0.3) is 0 Å². The van der Waals surface area contributed by atoms with Crippen molar-refractivity contribution in [3.63, 3.8) is 0 Å². The standard InChI is InChI=1S/C19H23N3O2/c23-19(24)14-6-5-13-9-16(10-15(13)8-14)20-11-17-12-21-18-4-2-1-3-7-22(17)18/h5-6,8,12,16,20H,1-4,7,9-11H2,(H,23,24). The lowest BCUT2D eigenvalue weighted by atomic mass is 10.1. The fraction of sp³-hybridized carbons (Fsp3) is 0.474. The van der Waals surface area contributed by atoms with Gasteiger partial charge < -0.3 is 15.0 Å². The summed E-state index contributed by atoms with van der Waals surface area (Å²) in [5, 5.41) is 12.8. The number of carboxylic acid groups (broad SMARTS) is 1. The average molecular weight is 325 g/mol. The summed E-state index contributed by atoms with van der Waals surface area (Å²) in [6.07, 6.45) is 8.75. The molecule has 2 aromatic rings. The summed E-state index contributed by atoms with van der Waals surface area (Å²) in [4.78, 5) is 15.7. The van der Waals surface area contributed by atoms with Crippen LogP contribution in [0.4, 0.5) is 0 Å². The molecule has 126 valence electrons. The normalized spacial score (nSPS) is 19.6. The van der Waals surface area contributed by atoms with Crippen LogP contribution >= 0.6 is 0 Å². The Morgan fingerprint density at radius 2 is 2.12 bits per heavy atom. The average Bonchev–Trinajstić information content (AvgIpc) is 3.08. The number of aromatic carboxylic acids is 1. The Balaban J connectivity index is 1.41. The maximum Gasteiger partial charge on any atom is 0.335 e. The van der Waals surface area contributed by atoms with E-state index < -0.39 is 5.97 Å². The van der Waals surface area contributed by atoms with Gasteiger partial charge in [0.05, 0.1) is 11.3 Å². The number of benzene rings is 1. The molecule has 0 radical (unpaired) electrons. The number of hydrogen-bond acceptors (Lipinski definition) is 3. The molecule has 0 saturated heterocycles. The number of carboxylic acids is 1. The highest BCUT2D eigenvalue weighted by Gasteiger charge is 2.23. The first-order chi connectivity index (χ1) is 11.7. The number of carbonyl (C=O) groups is 1. The highest BCUT2D eigenvalue weighted by molar-refractivity contribution is 5.88. The van der Waals surface area contributed by atoms with Gasteiger partial charge in [0.1, 0.15) is 5.82 Å². The molecule has 0 bridgehead atoms. The molecule has 0 saturated carbocycles. The van der Waals surface area contributed by atoms with Gasteiger partial charge in [-0.1, -0.05) is 12.5 Å². The summed E-state index contributed by atoms with van der Waals surface area (Å²) >= 11 is 0. The first-order valence-electron chi connectivity index (χ1n) is 8.82. The van der Waals surface area contributed by atoms with E-state index in [9.17, 15) is 4.79 Å². The first kappa shape index (κ1) is 15.4. The number of rotatable bonds is 4. The van der Waals surface area contributed by atoms with Gasteiger partial charge in [0, 0.05) is 31.7 Å². The molecule has 5 nitrogen and oxygen atoms in total. The van der Waals surface area contributed by atoms with Gasteiger partial charge in [0.15, 0.2) is 0 Å². The third kappa shape index (κ3) is 2.96. The van der Waals surface area contributed by atoms with Gasteiger partial charge in [-0.15, -0.1) is 0 Å². The zero-order valence-corrected chi connectivity index (χ0v) is 13.8. The van der Waals surface area contributed by atoms with E-state index in [1.165, 1.54) is 41.9 Å². The third-order valence-electron chi connectivity index (χ3n) is 5.26. The zero-order chi connectivity index (χ0) is 16.5. The monoisotopic (exact) mass is 325 g/mol. The van der Waals surface area contributed by atoms with Crippen LogP contribution in [0.25, 0.3) is 0 Å². The number of hydrogen-bond donors (Lipinski definition) is 2. The Hall–Kier alpha value is -2.14. The lowest BCUT2D eigenvalue weighted by molar-refractivity contribution is 0.0697. The van der Waals surface area contributed by atoms with Crippen molar-refractivity contribution in [2.75, 3.05) is 0 Å². The minimum Gasteiger partial charge on any atom is -0.478 e. The fourth-order valence-electron chi connectivity index (χ4n) is 3.94. The van der Waals surface area contributed by atoms with Gasteiger partial charge in [-0.05, 0) is 48.9 Å². The smallest absolute Gasteiger partial charge is 0.335 e. The molecule has 2 heterocycles. The van der Waals surface area contributed by atoms with Crippen molar-refractivity contribution in [1.82, 2.24) is 14.9 Å². The van der Waals surface area contributed by atoms with Crippen LogP contribution in [-0.4, -0.2) is 26.7 Å². The molecule has 1 aliphatic carbocycles. The summed E-state index contributed by atoms with van der Waals surface area (Å²) < 4.78 is 2.38. The quantitative estimate of drug-likeness (QED) is 0.906. The van der Waals surface area contributed by atoms with E-state index in [0.29, 0.717) is 11.6 Å². The van der Waals surface area contributed by atoms with E-state index >= 15 is 0 Å². The fourth-order valence-corrected chi connectivity index (χ4v) is 3.94. The second-order valence-corrected chi connectivity index (χ2v) is 6.90. The minimum atomic E-state index is -0.851. The number of imidazole rings is 1. The van der Waals surface area contributed by atoms with Crippen molar-refractivity contribution < 1.29 is 9.90 Å². The molecular weight excluding hydrogens is 302 g/mol. The summed E-state index contributed by atoms with van der Waals surface area (Å²) in [7, 11) is 0. The largest absolute Gasteiger partial charge is 0.478 e. The predicted octanol–water partition coefficient (Wildman–Crippen LogP) is 2.56. The van der Waals surface area contributed by atoms with Gasteiger partial charge in [0.2, 0.25) is 0 Å². The highest BCUT2D eigenvalue weighted by atomic mass is 16.4. The second kappa shape index (κ2) is 6.40. The maximum absolute atomic E-state index is 11.1. The molecule has 1 aromatic carbocycles. The molecule has 5 heteroatoms. The Morgan fingerprint density at radius 1 is 1.25 bits per heavy atom. The molecule has 24 heavy (non-hydrogen) atoms. The Bertz CT molecular complexity index is 766. The van der Waals surface area contributed by atoms with E-state index in [2.05, 4.69) is 14.9 Å². The Labute approximate surface area is 141 Å². The number of nitrogens with one attached hydrogen (secondary N) is 1. The molecule has 0 fully saturated rings. The summed E-state index contributed by atoms with van der Waals surface area (Å²) in [5.74, 6) is 0.376. The van der Waals surface area contributed by atoms with E-state index in [-0.39, 0.29) is 0 Å². The van der Waals surface area contributed by atoms with Gasteiger partial charge in [-0.3, -0.25) is 0 Å². The van der Waals surface area contributed by atoms with Gasteiger partial charge >= 0.3 is 5.97 Å². The molecule has 1 unspecified atom stereocenters. The molecule has 1 atom stereocenters. The van der Waals surface area contributed by atoms with E-state index in [1.807, 2.05) is 18.3 Å². The van der Waals surface area contributed by atoms with Crippen molar-refractivity contribution in [3.05, 3.63) is 52.6 Å². The maximum atomic E-state index is 11.1. The lowest BCUT2D eigenvalue weighted by Crippen LogP contribution is -2.30. The van der Waals surface area contributed by atoms with Crippen molar-refractivity contribution in [3.8, 4) is 0 Å². The molecule has 0 amide bonds. The number of nitrogens with zero attached hydrogens (tertiary/aromatic N) is 2. The third-order valence-corrected chi connectivity index (χ3v) is 5.26. The van der Waals surface area contributed by atoms with E-state index in [0.717, 1.165) is 32.4 Å². The van der Waals surface area contributed by atoms with Crippen molar-refractivity contribution in [2.24, 2.45) is 0 Å². The SMILES string of the molecule is O=C(O)c1ccc2c(c1)CC(NCc1cnc3n1CCCCC3)C2.